The van der Waals surface area contributed by atoms with E-state index >= 15 is 0 Å². The number of hydrogen-bond acceptors (Lipinski definition) is 26. The van der Waals surface area contributed by atoms with Gasteiger partial charge < -0.3 is 90.0 Å². The molecule has 26 heteroatoms. The Morgan fingerprint density at radius 1 is 0.460 bits per heavy atom. The third-order valence-electron chi connectivity index (χ3n) is 11.9. The lowest BCUT2D eigenvalue weighted by Gasteiger charge is -2.19. The van der Waals surface area contributed by atoms with Crippen molar-refractivity contribution in [3.63, 3.8) is 0 Å². The van der Waals surface area contributed by atoms with Crippen LogP contribution in [0.2, 0.25) is 0 Å². The summed E-state index contributed by atoms with van der Waals surface area (Å²) < 4.78 is 94.3. The Labute approximate surface area is 504 Å². The molecule has 87 heavy (non-hydrogen) atoms. The fourth-order valence-corrected chi connectivity index (χ4v) is 7.09. The highest BCUT2D eigenvalue weighted by atomic mass is 16.7. The molecule has 4 aromatic rings. The normalized spacial score (nSPS) is 20.6. The zero-order valence-corrected chi connectivity index (χ0v) is 49.2. The smallest absolute Gasteiger partial charge is 0.343 e. The number of carbonyl (C=O) groups is 6. The van der Waals surface area contributed by atoms with E-state index in [0.29, 0.717) is 30.5 Å². The number of para-hydroxylation sites is 2. The van der Waals surface area contributed by atoms with Gasteiger partial charge in [0.05, 0.1) is 58.7 Å². The zero-order valence-electron chi connectivity index (χ0n) is 49.2. The summed E-state index contributed by atoms with van der Waals surface area (Å²) in [6, 6.07) is 35.2. The van der Waals surface area contributed by atoms with Crippen molar-refractivity contribution in [3.8, 4) is 23.3 Å². The molecule has 26 nitrogen and oxygen atoms in total. The standard InChI is InChI=1S/C14H18O4.2C11H12O4.C10H10O4.C8H14O5.C7H9NO4/c1-14(2,3)10-4-6-11(7-5-10)18-13(15)12-8-16-9-17-12;1-8-4-2-3-5-9(8)15-11(12)10-6-13-7-14-10;12-11(10-7-13-8-15-10)14-6-9-4-2-1-3-5-9;11-10(9-6-12-7-13-9)14-8-4-2-1-3-5-8;1-2-10-3-4-12-8(9)7-5-11-6-13-7;8-2-1-3-11-7(9)6-4-10-5-12-6/h4-7,12H,8-9H2,1-3H3;2-5,10H,6-7H2,1H3;1-5,10H,6-8H2;1-5,9H,6-7H2;7H,2-6H2,1H3;6H,1,3-5H2. The molecule has 10 rings (SSSR count). The number of carbonyl (C=O) groups excluding carboxylic acids is 6. The maximum atomic E-state index is 11.7. The molecule has 4 aromatic carbocycles. The second kappa shape index (κ2) is 40.2. The zero-order chi connectivity index (χ0) is 62.5. The van der Waals surface area contributed by atoms with Gasteiger partial charge in [-0.2, -0.15) is 5.26 Å². The van der Waals surface area contributed by atoms with Crippen LogP contribution in [0.1, 0.15) is 50.8 Å². The molecular weight excluding hydrogens is 1150 g/mol. The van der Waals surface area contributed by atoms with Gasteiger partial charge in [-0.3, -0.25) is 0 Å². The van der Waals surface area contributed by atoms with Crippen molar-refractivity contribution < 1.29 is 119 Å². The summed E-state index contributed by atoms with van der Waals surface area (Å²) in [5, 5.41) is 8.15. The molecule has 0 aliphatic carbocycles. The van der Waals surface area contributed by atoms with Crippen LogP contribution in [0.5, 0.6) is 17.2 Å². The van der Waals surface area contributed by atoms with E-state index in [2.05, 4.69) is 20.8 Å². The van der Waals surface area contributed by atoms with Crippen molar-refractivity contribution in [1.29, 1.82) is 5.26 Å². The van der Waals surface area contributed by atoms with Crippen molar-refractivity contribution in [3.05, 3.63) is 126 Å². The van der Waals surface area contributed by atoms with Gasteiger partial charge in [-0.05, 0) is 66.3 Å². The maximum absolute atomic E-state index is 11.7. The van der Waals surface area contributed by atoms with Crippen molar-refractivity contribution in [2.75, 3.05) is 107 Å². The average Bonchev–Trinajstić information content (AvgIpc) is 4.58. The van der Waals surface area contributed by atoms with Crippen molar-refractivity contribution in [2.24, 2.45) is 0 Å². The second-order valence-electron chi connectivity index (χ2n) is 19.5. The number of esters is 6. The first-order valence-electron chi connectivity index (χ1n) is 27.7. The van der Waals surface area contributed by atoms with E-state index in [9.17, 15) is 28.8 Å². The lowest BCUT2D eigenvalue weighted by Crippen LogP contribution is -2.27. The number of aryl methyl sites for hydroxylation is 1. The van der Waals surface area contributed by atoms with Crippen LogP contribution in [0.25, 0.3) is 0 Å². The molecule has 0 bridgehead atoms. The summed E-state index contributed by atoms with van der Waals surface area (Å²) in [5.74, 6) is -0.794. The van der Waals surface area contributed by atoms with E-state index in [1.165, 1.54) is 5.56 Å². The van der Waals surface area contributed by atoms with Gasteiger partial charge in [0.2, 0.25) is 0 Å². The molecular formula is C61H75NO25. The molecule has 6 fully saturated rings. The lowest BCUT2D eigenvalue weighted by molar-refractivity contribution is -0.155. The molecule has 0 amide bonds. The van der Waals surface area contributed by atoms with Gasteiger partial charge in [-0.15, -0.1) is 0 Å². The molecule has 6 atom stereocenters. The Bertz CT molecular complexity index is 2670. The fourth-order valence-electron chi connectivity index (χ4n) is 7.09. The highest BCUT2D eigenvalue weighted by molar-refractivity contribution is 5.79. The molecule has 6 aliphatic rings. The Morgan fingerprint density at radius 2 is 0.839 bits per heavy atom. The summed E-state index contributed by atoms with van der Waals surface area (Å²) in [7, 11) is 0. The number of benzene rings is 4. The summed E-state index contributed by atoms with van der Waals surface area (Å²) in [5.41, 5.74) is 3.17. The minimum absolute atomic E-state index is 0.0882. The SMILES string of the molecule is CC(C)(C)c1ccc(OC(=O)C2COCO2)cc1.CCOCCOC(=O)C1COCO1.Cc1ccccc1OC(=O)C1COCO1.N#CCCOC(=O)C1COCO1.O=C(OCc1ccccc1)C1COCO1.O=C(Oc1ccccc1)C1COCO1. The number of hydrogen-bond donors (Lipinski definition) is 0. The maximum Gasteiger partial charge on any atom is 0.343 e. The predicted octanol–water partition coefficient (Wildman–Crippen LogP) is 5.36. The second-order valence-corrected chi connectivity index (χ2v) is 19.5. The lowest BCUT2D eigenvalue weighted by atomic mass is 9.87. The summed E-state index contributed by atoms with van der Waals surface area (Å²) >= 11 is 0. The van der Waals surface area contributed by atoms with Gasteiger partial charge >= 0.3 is 35.8 Å². The number of nitriles is 1. The monoisotopic (exact) mass is 1220 g/mol. The van der Waals surface area contributed by atoms with E-state index in [4.69, 9.17) is 95.3 Å². The molecule has 6 aliphatic heterocycles. The molecule has 0 aromatic heterocycles. The fraction of sp³-hybridized carbons (Fsp3) is 0.492. The van der Waals surface area contributed by atoms with Crippen LogP contribution in [-0.4, -0.2) is 179 Å². The predicted molar refractivity (Wildman–Crippen MR) is 299 cm³/mol. The molecule has 0 saturated carbocycles. The van der Waals surface area contributed by atoms with Crippen LogP contribution in [0.15, 0.2) is 109 Å². The average molecular weight is 1220 g/mol. The van der Waals surface area contributed by atoms with Gasteiger partial charge in [-0.25, -0.2) is 28.8 Å². The van der Waals surface area contributed by atoms with Crippen molar-refractivity contribution in [2.45, 2.75) is 89.7 Å². The number of nitrogens with zero attached hydrogens (tertiary/aromatic N) is 1. The van der Waals surface area contributed by atoms with Gasteiger partial charge in [0.1, 0.15) is 77.8 Å². The van der Waals surface area contributed by atoms with Gasteiger partial charge in [0.25, 0.3) is 0 Å². The molecule has 474 valence electrons. The summed E-state index contributed by atoms with van der Waals surface area (Å²) in [6.45, 7) is 14.5. The Kier molecular flexibility index (Phi) is 32.5. The topological polar surface area (TPSA) is 302 Å². The third-order valence-corrected chi connectivity index (χ3v) is 11.9. The molecule has 0 spiro atoms. The highest BCUT2D eigenvalue weighted by Crippen LogP contribution is 2.25. The largest absolute Gasteiger partial charge is 0.463 e. The first kappa shape index (κ1) is 70.4. The van der Waals surface area contributed by atoms with E-state index in [1.807, 2.05) is 86.6 Å². The van der Waals surface area contributed by atoms with Gasteiger partial charge in [0.15, 0.2) is 36.6 Å². The van der Waals surface area contributed by atoms with Gasteiger partial charge in [0, 0.05) is 6.61 Å². The number of ether oxygens (including phenoxy) is 19. The van der Waals surface area contributed by atoms with E-state index < -0.39 is 60.5 Å². The Balaban J connectivity index is 0.000000191. The minimum atomic E-state index is -0.608. The Hall–Kier alpha value is -7.33. The van der Waals surface area contributed by atoms with Crippen LogP contribution in [0.4, 0.5) is 0 Å². The van der Waals surface area contributed by atoms with Crippen LogP contribution < -0.4 is 14.2 Å². The summed E-state index contributed by atoms with van der Waals surface area (Å²) in [4.78, 5) is 68.1. The molecule has 6 unspecified atom stereocenters. The quantitative estimate of drug-likeness (QED) is 0.0556. The first-order valence-corrected chi connectivity index (χ1v) is 27.7. The third kappa shape index (κ3) is 27.5. The Morgan fingerprint density at radius 3 is 1.24 bits per heavy atom. The molecule has 0 N–H and O–H groups in total. The van der Waals surface area contributed by atoms with Crippen molar-refractivity contribution in [1.82, 2.24) is 0 Å². The van der Waals surface area contributed by atoms with Crippen LogP contribution in [0.3, 0.4) is 0 Å². The van der Waals surface area contributed by atoms with Crippen LogP contribution >= 0.6 is 0 Å². The highest BCUT2D eigenvalue weighted by Gasteiger charge is 2.30. The number of rotatable bonds is 17. The van der Waals surface area contributed by atoms with E-state index in [0.717, 1.165) is 11.1 Å². The summed E-state index contributed by atoms with van der Waals surface area (Å²) in [6.07, 6.45) is -3.30. The molecule has 0 radical (unpaired) electrons. The molecule has 6 heterocycles. The van der Waals surface area contributed by atoms with Crippen LogP contribution in [0, 0.1) is 18.3 Å². The molecule has 6 saturated heterocycles. The van der Waals surface area contributed by atoms with Gasteiger partial charge in [-0.1, -0.05) is 99.6 Å². The van der Waals surface area contributed by atoms with Crippen LogP contribution in [-0.2, 0) is 117 Å². The minimum Gasteiger partial charge on any atom is -0.463 e. The first-order chi connectivity index (χ1) is 42.1. The van der Waals surface area contributed by atoms with E-state index in [-0.39, 0.29) is 124 Å². The van der Waals surface area contributed by atoms with E-state index in [1.54, 1.807) is 42.5 Å². The van der Waals surface area contributed by atoms with Crippen molar-refractivity contribution >= 4 is 35.8 Å².